The fourth-order valence-corrected chi connectivity index (χ4v) is 3.12. The SMILES string of the molecule is CC(C)(C)OC(=O)N1CCC(c2cn3cc(B(O)O)cc(F)c3n2)CC1. The van der Waals surface area contributed by atoms with E-state index in [1.54, 1.807) is 11.1 Å². The lowest BCUT2D eigenvalue weighted by molar-refractivity contribution is 0.0204. The van der Waals surface area contributed by atoms with Crippen LogP contribution in [0.2, 0.25) is 0 Å². The Morgan fingerprint density at radius 3 is 2.54 bits per heavy atom. The number of rotatable bonds is 2. The van der Waals surface area contributed by atoms with E-state index < -0.39 is 18.5 Å². The second kappa shape index (κ2) is 6.88. The largest absolute Gasteiger partial charge is 0.490 e. The normalized spacial score (nSPS) is 16.2. The number of hydrogen-bond donors (Lipinski definition) is 2. The van der Waals surface area contributed by atoms with Crippen molar-refractivity contribution in [3.63, 3.8) is 0 Å². The highest BCUT2D eigenvalue weighted by Crippen LogP contribution is 2.28. The molecule has 2 N–H and O–H groups in total. The second-order valence-electron chi connectivity index (χ2n) is 7.63. The molecule has 140 valence electrons. The van der Waals surface area contributed by atoms with Crippen molar-refractivity contribution < 1.29 is 24.0 Å². The molecule has 0 atom stereocenters. The first-order valence-corrected chi connectivity index (χ1v) is 8.66. The van der Waals surface area contributed by atoms with Crippen molar-refractivity contribution in [1.82, 2.24) is 14.3 Å². The van der Waals surface area contributed by atoms with Crippen LogP contribution in [0.1, 0.15) is 45.2 Å². The minimum atomic E-state index is -1.74. The van der Waals surface area contributed by atoms with E-state index in [0.717, 1.165) is 11.8 Å². The van der Waals surface area contributed by atoms with Gasteiger partial charge in [-0.05, 0) is 39.7 Å². The number of carbonyl (C=O) groups excluding carboxylic acids is 1. The van der Waals surface area contributed by atoms with Gasteiger partial charge >= 0.3 is 13.2 Å². The number of amides is 1. The number of fused-ring (bicyclic) bond motifs is 1. The summed E-state index contributed by atoms with van der Waals surface area (Å²) in [6.45, 7) is 6.61. The molecule has 3 rings (SSSR count). The lowest BCUT2D eigenvalue weighted by atomic mass is 9.82. The van der Waals surface area contributed by atoms with E-state index in [9.17, 15) is 19.2 Å². The standard InChI is InChI=1S/C17H23BFN3O4/c1-17(2,3)26-16(23)21-6-4-11(5-7-21)14-10-22-9-12(18(24)25)8-13(19)15(22)20-14/h8-11,24-25H,4-7H2,1-3H3. The van der Waals surface area contributed by atoms with Crippen molar-refractivity contribution in [2.75, 3.05) is 13.1 Å². The molecule has 0 saturated carbocycles. The van der Waals surface area contributed by atoms with Gasteiger partial charge in [-0.25, -0.2) is 14.2 Å². The molecular formula is C17H23BFN3O4. The number of ether oxygens (including phenoxy) is 1. The van der Waals surface area contributed by atoms with Crippen LogP contribution in [0.5, 0.6) is 0 Å². The van der Waals surface area contributed by atoms with Crippen molar-refractivity contribution in [2.45, 2.75) is 45.1 Å². The summed E-state index contributed by atoms with van der Waals surface area (Å²) in [6.07, 6.45) is 4.26. The van der Waals surface area contributed by atoms with Gasteiger partial charge in [-0.3, -0.25) is 0 Å². The van der Waals surface area contributed by atoms with Crippen molar-refractivity contribution >= 4 is 24.3 Å². The van der Waals surface area contributed by atoms with Crippen LogP contribution in [0, 0.1) is 5.82 Å². The quantitative estimate of drug-likeness (QED) is 0.785. The fourth-order valence-electron chi connectivity index (χ4n) is 3.12. The predicted octanol–water partition coefficient (Wildman–Crippen LogP) is 1.27. The monoisotopic (exact) mass is 363 g/mol. The zero-order chi connectivity index (χ0) is 19.1. The van der Waals surface area contributed by atoms with Gasteiger partial charge in [0, 0.05) is 36.9 Å². The van der Waals surface area contributed by atoms with Crippen LogP contribution >= 0.6 is 0 Å². The molecule has 1 fully saturated rings. The molecule has 0 spiro atoms. The van der Waals surface area contributed by atoms with Crippen LogP contribution in [0.15, 0.2) is 18.5 Å². The third-order valence-corrected chi connectivity index (χ3v) is 4.41. The highest BCUT2D eigenvalue weighted by atomic mass is 19.1. The van der Waals surface area contributed by atoms with Crippen LogP contribution in [0.25, 0.3) is 5.65 Å². The van der Waals surface area contributed by atoms with Gasteiger partial charge in [0.2, 0.25) is 0 Å². The zero-order valence-electron chi connectivity index (χ0n) is 15.1. The molecule has 1 aliphatic rings. The van der Waals surface area contributed by atoms with Crippen molar-refractivity contribution in [3.8, 4) is 0 Å². The molecule has 3 heterocycles. The number of likely N-dealkylation sites (tertiary alicyclic amines) is 1. The molecule has 0 unspecified atom stereocenters. The minimum absolute atomic E-state index is 0.0682. The summed E-state index contributed by atoms with van der Waals surface area (Å²) in [5.41, 5.74) is 0.428. The summed E-state index contributed by atoms with van der Waals surface area (Å²) in [6, 6.07) is 1.07. The molecule has 7 nitrogen and oxygen atoms in total. The maximum atomic E-state index is 14.1. The summed E-state index contributed by atoms with van der Waals surface area (Å²) in [5.74, 6) is -0.497. The van der Waals surface area contributed by atoms with Gasteiger partial charge in [-0.2, -0.15) is 0 Å². The molecular weight excluding hydrogens is 340 g/mol. The van der Waals surface area contributed by atoms with Gasteiger partial charge in [0.15, 0.2) is 11.5 Å². The van der Waals surface area contributed by atoms with Gasteiger partial charge in [0.1, 0.15) is 5.60 Å². The predicted molar refractivity (Wildman–Crippen MR) is 94.8 cm³/mol. The number of halogens is 1. The zero-order valence-corrected chi connectivity index (χ0v) is 15.1. The van der Waals surface area contributed by atoms with E-state index in [-0.39, 0.29) is 23.1 Å². The number of piperidine rings is 1. The van der Waals surface area contributed by atoms with E-state index >= 15 is 0 Å². The highest BCUT2D eigenvalue weighted by Gasteiger charge is 2.29. The average Bonchev–Trinajstić information content (AvgIpc) is 2.98. The molecule has 0 bridgehead atoms. The number of imidazole rings is 1. The Bertz CT molecular complexity index is 810. The molecule has 0 aliphatic carbocycles. The van der Waals surface area contributed by atoms with Gasteiger partial charge in [0.25, 0.3) is 0 Å². The third-order valence-electron chi connectivity index (χ3n) is 4.41. The maximum absolute atomic E-state index is 14.1. The summed E-state index contributed by atoms with van der Waals surface area (Å²) >= 11 is 0. The molecule has 0 aromatic carbocycles. The van der Waals surface area contributed by atoms with Crippen LogP contribution < -0.4 is 5.46 Å². The molecule has 1 saturated heterocycles. The van der Waals surface area contributed by atoms with Crippen LogP contribution in [-0.2, 0) is 4.74 Å². The number of aromatic nitrogens is 2. The molecule has 26 heavy (non-hydrogen) atoms. The molecule has 9 heteroatoms. The summed E-state index contributed by atoms with van der Waals surface area (Å²) in [5, 5.41) is 18.5. The van der Waals surface area contributed by atoms with Crippen LogP contribution in [0.3, 0.4) is 0 Å². The Morgan fingerprint density at radius 2 is 1.96 bits per heavy atom. The average molecular weight is 363 g/mol. The van der Waals surface area contributed by atoms with Gasteiger partial charge in [-0.1, -0.05) is 0 Å². The van der Waals surface area contributed by atoms with Gasteiger partial charge in [0.05, 0.1) is 5.69 Å². The lowest BCUT2D eigenvalue weighted by Gasteiger charge is -2.32. The Morgan fingerprint density at radius 1 is 1.31 bits per heavy atom. The van der Waals surface area contributed by atoms with E-state index in [1.165, 1.54) is 10.6 Å². The molecule has 1 amide bonds. The lowest BCUT2D eigenvalue weighted by Crippen LogP contribution is -2.41. The van der Waals surface area contributed by atoms with Gasteiger partial charge in [-0.15, -0.1) is 0 Å². The first-order valence-electron chi connectivity index (χ1n) is 8.66. The number of pyridine rings is 1. The van der Waals surface area contributed by atoms with Crippen molar-refractivity contribution in [2.24, 2.45) is 0 Å². The minimum Gasteiger partial charge on any atom is -0.444 e. The van der Waals surface area contributed by atoms with E-state index in [0.29, 0.717) is 25.9 Å². The van der Waals surface area contributed by atoms with E-state index in [1.807, 2.05) is 20.8 Å². The Kier molecular flexibility index (Phi) is 4.94. The van der Waals surface area contributed by atoms with Crippen LogP contribution in [0.4, 0.5) is 9.18 Å². The van der Waals surface area contributed by atoms with Crippen LogP contribution in [-0.4, -0.2) is 56.2 Å². The highest BCUT2D eigenvalue weighted by molar-refractivity contribution is 6.58. The first-order chi connectivity index (χ1) is 12.1. The fraction of sp³-hybridized carbons (Fsp3) is 0.529. The van der Waals surface area contributed by atoms with Crippen molar-refractivity contribution in [1.29, 1.82) is 0 Å². The molecule has 2 aromatic rings. The smallest absolute Gasteiger partial charge is 0.444 e. The van der Waals surface area contributed by atoms with E-state index in [4.69, 9.17) is 4.74 Å². The van der Waals surface area contributed by atoms with E-state index in [2.05, 4.69) is 4.98 Å². The molecule has 2 aromatic heterocycles. The number of nitrogens with zero attached hydrogens (tertiary/aromatic N) is 3. The summed E-state index contributed by atoms with van der Waals surface area (Å²) in [4.78, 5) is 18.2. The summed E-state index contributed by atoms with van der Waals surface area (Å²) < 4.78 is 21.0. The second-order valence-corrected chi connectivity index (χ2v) is 7.63. The van der Waals surface area contributed by atoms with Crippen molar-refractivity contribution in [3.05, 3.63) is 30.0 Å². The Hall–Kier alpha value is -2.13. The number of hydrogen-bond acceptors (Lipinski definition) is 5. The van der Waals surface area contributed by atoms with Gasteiger partial charge < -0.3 is 24.1 Å². The molecule has 1 aliphatic heterocycles. The first kappa shape index (κ1) is 18.7. The summed E-state index contributed by atoms with van der Waals surface area (Å²) in [7, 11) is -1.74. The topological polar surface area (TPSA) is 87.3 Å². The third kappa shape index (κ3) is 3.99. The maximum Gasteiger partial charge on any atom is 0.490 e. The Balaban J connectivity index is 1.72. The Labute approximate surface area is 151 Å². The molecule has 0 radical (unpaired) electrons. The number of carbonyl (C=O) groups is 1.